The average molecular weight is 350 g/mol. The number of benzene rings is 1. The van der Waals surface area contributed by atoms with E-state index in [1.54, 1.807) is 0 Å². The minimum absolute atomic E-state index is 0.482. The van der Waals surface area contributed by atoms with Gasteiger partial charge in [0.05, 0.1) is 17.6 Å². The summed E-state index contributed by atoms with van der Waals surface area (Å²) in [5.41, 5.74) is 9.85. The number of para-hydroxylation sites is 1. The maximum atomic E-state index is 6.01. The highest BCUT2D eigenvalue weighted by atomic mass is 15.3. The average Bonchev–Trinajstić information content (AvgIpc) is 3.07. The molecule has 2 aromatic heterocycles. The molecule has 1 fully saturated rings. The van der Waals surface area contributed by atoms with Gasteiger partial charge < -0.3 is 16.4 Å². The van der Waals surface area contributed by atoms with Gasteiger partial charge in [-0.05, 0) is 44.4 Å². The number of hydrogen-bond acceptors (Lipinski definition) is 5. The summed E-state index contributed by atoms with van der Waals surface area (Å²) in [6.07, 6.45) is 6.78. The summed E-state index contributed by atoms with van der Waals surface area (Å²) in [5, 5.41) is 11.4. The molecule has 1 aliphatic rings. The SMILES string of the molecule is CCNC1CCC(c2cn3nc(N)cc(Nc4ccccc4)c3n2)CC1. The molecule has 6 heteroatoms. The zero-order valence-electron chi connectivity index (χ0n) is 15.2. The summed E-state index contributed by atoms with van der Waals surface area (Å²) in [7, 11) is 0. The van der Waals surface area contributed by atoms with Crippen molar-refractivity contribution in [3.63, 3.8) is 0 Å². The third-order valence-electron chi connectivity index (χ3n) is 5.15. The molecule has 136 valence electrons. The lowest BCUT2D eigenvalue weighted by molar-refractivity contribution is 0.345. The summed E-state index contributed by atoms with van der Waals surface area (Å²) < 4.78 is 1.81. The number of nitrogens with one attached hydrogen (secondary N) is 2. The minimum atomic E-state index is 0.482. The Morgan fingerprint density at radius 2 is 1.92 bits per heavy atom. The number of nitrogens with zero attached hydrogens (tertiary/aromatic N) is 3. The van der Waals surface area contributed by atoms with Crippen molar-refractivity contribution in [1.29, 1.82) is 0 Å². The van der Waals surface area contributed by atoms with Crippen molar-refractivity contribution in [2.45, 2.75) is 44.6 Å². The summed E-state index contributed by atoms with van der Waals surface area (Å²) in [4.78, 5) is 4.91. The standard InChI is InChI=1S/C20H26N6/c1-2-22-15-10-8-14(9-11-15)18-13-26-20(24-18)17(12-19(21)25-26)23-16-6-4-3-5-7-16/h3-7,12-15,22-23H,2,8-11H2,1H3,(H2,21,25). The number of aromatic nitrogens is 3. The van der Waals surface area contributed by atoms with Gasteiger partial charge >= 0.3 is 0 Å². The largest absolute Gasteiger partial charge is 0.382 e. The molecule has 26 heavy (non-hydrogen) atoms. The fraction of sp³-hybridized carbons (Fsp3) is 0.400. The second-order valence-electron chi connectivity index (χ2n) is 7.01. The van der Waals surface area contributed by atoms with E-state index in [0.29, 0.717) is 17.8 Å². The van der Waals surface area contributed by atoms with Crippen LogP contribution < -0.4 is 16.4 Å². The maximum Gasteiger partial charge on any atom is 0.177 e. The molecule has 4 rings (SSSR count). The van der Waals surface area contributed by atoms with Crippen molar-refractivity contribution >= 4 is 22.8 Å². The second kappa shape index (κ2) is 7.33. The fourth-order valence-corrected chi connectivity index (χ4v) is 3.86. The minimum Gasteiger partial charge on any atom is -0.382 e. The van der Waals surface area contributed by atoms with Crippen LogP contribution in [-0.4, -0.2) is 27.2 Å². The van der Waals surface area contributed by atoms with Crippen molar-refractivity contribution in [2.24, 2.45) is 0 Å². The molecule has 0 bridgehead atoms. The number of imidazole rings is 1. The Labute approximate surface area is 153 Å². The third kappa shape index (κ3) is 3.51. The van der Waals surface area contributed by atoms with E-state index < -0.39 is 0 Å². The van der Waals surface area contributed by atoms with Gasteiger partial charge in [0.1, 0.15) is 5.82 Å². The highest BCUT2D eigenvalue weighted by molar-refractivity contribution is 5.75. The molecule has 0 saturated heterocycles. The number of fused-ring (bicyclic) bond motifs is 1. The Hall–Kier alpha value is -2.60. The van der Waals surface area contributed by atoms with E-state index in [4.69, 9.17) is 10.7 Å². The van der Waals surface area contributed by atoms with Crippen LogP contribution in [0.25, 0.3) is 5.65 Å². The first-order valence-corrected chi connectivity index (χ1v) is 9.44. The molecule has 0 unspecified atom stereocenters. The van der Waals surface area contributed by atoms with Crippen LogP contribution in [0.2, 0.25) is 0 Å². The van der Waals surface area contributed by atoms with Gasteiger partial charge in [-0.2, -0.15) is 0 Å². The van der Waals surface area contributed by atoms with Crippen LogP contribution in [-0.2, 0) is 0 Å². The number of anilines is 3. The summed E-state index contributed by atoms with van der Waals surface area (Å²) in [6.45, 7) is 3.22. The molecule has 0 atom stereocenters. The van der Waals surface area contributed by atoms with Crippen LogP contribution >= 0.6 is 0 Å². The molecule has 1 aromatic carbocycles. The normalized spacial score (nSPS) is 20.3. The molecule has 2 heterocycles. The van der Waals surface area contributed by atoms with Crippen LogP contribution in [0.5, 0.6) is 0 Å². The van der Waals surface area contributed by atoms with E-state index in [1.807, 2.05) is 47.1 Å². The Morgan fingerprint density at radius 1 is 1.15 bits per heavy atom. The summed E-state index contributed by atoms with van der Waals surface area (Å²) in [5.74, 6) is 0.980. The number of nitrogens with two attached hydrogens (primary N) is 1. The van der Waals surface area contributed by atoms with E-state index in [-0.39, 0.29) is 0 Å². The monoisotopic (exact) mass is 350 g/mol. The van der Waals surface area contributed by atoms with Crippen molar-refractivity contribution < 1.29 is 0 Å². The van der Waals surface area contributed by atoms with E-state index in [2.05, 4.69) is 22.7 Å². The van der Waals surface area contributed by atoms with Gasteiger partial charge in [0.15, 0.2) is 5.65 Å². The lowest BCUT2D eigenvalue weighted by atomic mass is 9.84. The first-order valence-electron chi connectivity index (χ1n) is 9.44. The molecule has 3 aromatic rings. The van der Waals surface area contributed by atoms with Crippen molar-refractivity contribution in [2.75, 3.05) is 17.6 Å². The molecule has 4 N–H and O–H groups in total. The quantitative estimate of drug-likeness (QED) is 0.654. The van der Waals surface area contributed by atoms with Gasteiger partial charge in [0.25, 0.3) is 0 Å². The Bertz CT molecular complexity index is 865. The Kier molecular flexibility index (Phi) is 4.75. The zero-order valence-corrected chi connectivity index (χ0v) is 15.2. The number of nitrogen functional groups attached to an aromatic ring is 1. The summed E-state index contributed by atoms with van der Waals surface area (Å²) >= 11 is 0. The van der Waals surface area contributed by atoms with E-state index in [0.717, 1.165) is 29.3 Å². The number of rotatable bonds is 5. The predicted molar refractivity (Wildman–Crippen MR) is 106 cm³/mol. The van der Waals surface area contributed by atoms with Gasteiger partial charge in [-0.1, -0.05) is 25.1 Å². The van der Waals surface area contributed by atoms with Gasteiger partial charge in [-0.15, -0.1) is 5.10 Å². The smallest absolute Gasteiger partial charge is 0.177 e. The molecule has 6 nitrogen and oxygen atoms in total. The van der Waals surface area contributed by atoms with E-state index in [9.17, 15) is 0 Å². The van der Waals surface area contributed by atoms with Crippen LogP contribution in [0.4, 0.5) is 17.2 Å². The van der Waals surface area contributed by atoms with Gasteiger partial charge in [-0.25, -0.2) is 9.50 Å². The van der Waals surface area contributed by atoms with Gasteiger partial charge in [-0.3, -0.25) is 0 Å². The van der Waals surface area contributed by atoms with E-state index in [1.165, 1.54) is 25.7 Å². The van der Waals surface area contributed by atoms with Crippen LogP contribution in [0.3, 0.4) is 0 Å². The highest BCUT2D eigenvalue weighted by Crippen LogP contribution is 2.33. The lowest BCUT2D eigenvalue weighted by Crippen LogP contribution is -2.32. The molecular weight excluding hydrogens is 324 g/mol. The number of hydrogen-bond donors (Lipinski definition) is 3. The molecule has 0 amide bonds. The fourth-order valence-electron chi connectivity index (χ4n) is 3.86. The second-order valence-corrected chi connectivity index (χ2v) is 7.01. The molecule has 0 radical (unpaired) electrons. The van der Waals surface area contributed by atoms with Crippen LogP contribution in [0, 0.1) is 0 Å². The lowest BCUT2D eigenvalue weighted by Gasteiger charge is -2.27. The molecule has 1 aliphatic carbocycles. The Balaban J connectivity index is 1.60. The van der Waals surface area contributed by atoms with Crippen molar-refractivity contribution in [1.82, 2.24) is 19.9 Å². The van der Waals surface area contributed by atoms with Gasteiger partial charge in [0.2, 0.25) is 0 Å². The third-order valence-corrected chi connectivity index (χ3v) is 5.15. The predicted octanol–water partition coefficient (Wildman–Crippen LogP) is 3.69. The van der Waals surface area contributed by atoms with Crippen LogP contribution in [0.15, 0.2) is 42.6 Å². The molecular formula is C20H26N6. The van der Waals surface area contributed by atoms with Crippen LogP contribution in [0.1, 0.15) is 44.2 Å². The van der Waals surface area contributed by atoms with Crippen molar-refractivity contribution in [3.05, 3.63) is 48.3 Å². The highest BCUT2D eigenvalue weighted by Gasteiger charge is 2.24. The topological polar surface area (TPSA) is 80.3 Å². The van der Waals surface area contributed by atoms with Gasteiger partial charge in [0, 0.05) is 23.7 Å². The first kappa shape index (κ1) is 16.8. The molecule has 0 spiro atoms. The zero-order chi connectivity index (χ0) is 17.9. The summed E-state index contributed by atoms with van der Waals surface area (Å²) in [6, 6.07) is 12.6. The first-order chi connectivity index (χ1) is 12.7. The molecule has 1 saturated carbocycles. The van der Waals surface area contributed by atoms with E-state index >= 15 is 0 Å². The Morgan fingerprint density at radius 3 is 2.65 bits per heavy atom. The maximum absolute atomic E-state index is 6.01. The molecule has 0 aliphatic heterocycles. The van der Waals surface area contributed by atoms with Crippen molar-refractivity contribution in [3.8, 4) is 0 Å².